The van der Waals surface area contributed by atoms with Crippen molar-refractivity contribution >= 4 is 0 Å². The van der Waals surface area contributed by atoms with E-state index in [0.717, 1.165) is 24.1 Å². The number of aliphatic hydroxyl groups is 1. The predicted octanol–water partition coefficient (Wildman–Crippen LogP) is 1.11. The molecular weight excluding hydrogens is 318 g/mol. The molecule has 0 saturated carbocycles. The molecule has 1 saturated heterocycles. The average Bonchev–Trinajstić information content (AvgIpc) is 2.62. The van der Waals surface area contributed by atoms with Crippen LogP contribution in [0.3, 0.4) is 0 Å². The molecule has 1 unspecified atom stereocenters. The lowest BCUT2D eigenvalue weighted by atomic mass is 9.83. The Morgan fingerprint density at radius 3 is 2.08 bits per heavy atom. The third-order valence-electron chi connectivity index (χ3n) is 5.02. The van der Waals surface area contributed by atoms with E-state index < -0.39 is 5.60 Å². The number of nitrogens with zero attached hydrogens (tertiary/aromatic N) is 1. The van der Waals surface area contributed by atoms with Crippen LogP contribution < -0.4 is 12.4 Å². The van der Waals surface area contributed by atoms with Crippen molar-refractivity contribution in [1.29, 1.82) is 0 Å². The van der Waals surface area contributed by atoms with E-state index in [1.807, 2.05) is 30.3 Å². The first kappa shape index (κ1) is 19.0. The van der Waals surface area contributed by atoms with Gasteiger partial charge in [0.15, 0.2) is 0 Å². The Morgan fingerprint density at radius 2 is 1.46 bits per heavy atom. The fourth-order valence-electron chi connectivity index (χ4n) is 3.50. The molecule has 0 bridgehead atoms. The Balaban J connectivity index is 0.00000208. The minimum atomic E-state index is -0.910. The minimum absolute atomic E-state index is 0. The Kier molecular flexibility index (Phi) is 6.85. The van der Waals surface area contributed by atoms with Crippen LogP contribution in [-0.4, -0.2) is 29.6 Å². The number of likely N-dealkylation sites (tertiary alicyclic amines) is 1. The normalized spacial score (nSPS) is 17.8. The molecule has 1 heterocycles. The summed E-state index contributed by atoms with van der Waals surface area (Å²) < 4.78 is 0. The summed E-state index contributed by atoms with van der Waals surface area (Å²) in [4.78, 5) is 2.49. The van der Waals surface area contributed by atoms with Gasteiger partial charge < -0.3 is 22.4 Å². The van der Waals surface area contributed by atoms with Crippen LogP contribution in [0.4, 0.5) is 0 Å². The van der Waals surface area contributed by atoms with E-state index in [1.54, 1.807) is 0 Å². The molecule has 130 valence electrons. The predicted molar refractivity (Wildman–Crippen MR) is 95.5 cm³/mol. The van der Waals surface area contributed by atoms with Crippen molar-refractivity contribution < 1.29 is 17.5 Å². The molecule has 3 rings (SSSR count). The van der Waals surface area contributed by atoms with E-state index in [2.05, 4.69) is 36.1 Å². The number of hydrogen-bond acceptors (Lipinski definition) is 2. The molecule has 1 aliphatic heterocycles. The van der Waals surface area contributed by atoms with E-state index in [9.17, 15) is 5.11 Å². The van der Waals surface area contributed by atoms with E-state index >= 15 is 0 Å². The van der Waals surface area contributed by atoms with Gasteiger partial charge in [0.25, 0.3) is 0 Å². The summed E-state index contributed by atoms with van der Waals surface area (Å²) in [5, 5.41) is 11.5. The molecule has 0 spiro atoms. The zero-order chi connectivity index (χ0) is 16.1. The van der Waals surface area contributed by atoms with E-state index in [4.69, 9.17) is 0 Å². The molecule has 3 heteroatoms. The van der Waals surface area contributed by atoms with Gasteiger partial charge in [-0.25, -0.2) is 0 Å². The maximum Gasteiger partial charge on any atom is 0.116 e. The number of piperidine rings is 1. The van der Waals surface area contributed by atoms with Crippen molar-refractivity contribution in [2.75, 3.05) is 19.6 Å². The number of benzene rings is 2. The van der Waals surface area contributed by atoms with E-state index in [-0.39, 0.29) is 12.4 Å². The summed E-state index contributed by atoms with van der Waals surface area (Å²) >= 11 is 0. The molecule has 0 aliphatic carbocycles. The summed E-state index contributed by atoms with van der Waals surface area (Å²) in [6, 6.07) is 18.4. The van der Waals surface area contributed by atoms with Gasteiger partial charge >= 0.3 is 0 Å². The van der Waals surface area contributed by atoms with Gasteiger partial charge in [0.1, 0.15) is 5.60 Å². The highest BCUT2D eigenvalue weighted by Gasteiger charge is 2.31. The maximum absolute atomic E-state index is 11.5. The van der Waals surface area contributed by atoms with Crippen molar-refractivity contribution in [2.24, 2.45) is 0 Å². The quantitative estimate of drug-likeness (QED) is 0.878. The lowest BCUT2D eigenvalue weighted by molar-refractivity contribution is -0.0000103. The molecule has 1 fully saturated rings. The highest BCUT2D eigenvalue weighted by atomic mass is 35.5. The van der Waals surface area contributed by atoms with E-state index in [0.29, 0.717) is 0 Å². The summed E-state index contributed by atoms with van der Waals surface area (Å²) in [5.74, 6) is 0. The highest BCUT2D eigenvalue weighted by molar-refractivity contribution is 5.37. The highest BCUT2D eigenvalue weighted by Crippen LogP contribution is 2.33. The number of rotatable bonds is 5. The monoisotopic (exact) mass is 344 g/mol. The summed E-state index contributed by atoms with van der Waals surface area (Å²) in [6.45, 7) is 5.36. The Bertz CT molecular complexity index is 607. The minimum Gasteiger partial charge on any atom is -1.00 e. The van der Waals surface area contributed by atoms with Crippen LogP contribution in [0.5, 0.6) is 0 Å². The second kappa shape index (κ2) is 8.66. The molecule has 2 nitrogen and oxygen atoms in total. The van der Waals surface area contributed by atoms with Gasteiger partial charge in [0, 0.05) is 6.54 Å². The Hall–Kier alpha value is -1.35. The summed E-state index contributed by atoms with van der Waals surface area (Å²) in [6.07, 6.45) is 4.65. The van der Waals surface area contributed by atoms with Gasteiger partial charge in [-0.2, -0.15) is 0 Å². The van der Waals surface area contributed by atoms with Gasteiger partial charge in [-0.05, 0) is 50.4 Å². The van der Waals surface area contributed by atoms with Gasteiger partial charge in [-0.3, -0.25) is 0 Å². The van der Waals surface area contributed by atoms with Crippen LogP contribution in [0.1, 0.15) is 42.4 Å². The van der Waals surface area contributed by atoms with Gasteiger partial charge in [0.2, 0.25) is 0 Å². The largest absolute Gasteiger partial charge is 1.00 e. The van der Waals surface area contributed by atoms with Crippen molar-refractivity contribution in [1.82, 2.24) is 4.90 Å². The fourth-order valence-corrected chi connectivity index (χ4v) is 3.50. The molecule has 2 aromatic carbocycles. The molecule has 24 heavy (non-hydrogen) atoms. The van der Waals surface area contributed by atoms with Crippen LogP contribution in [0.25, 0.3) is 0 Å². The van der Waals surface area contributed by atoms with Gasteiger partial charge in [-0.15, -0.1) is 0 Å². The fraction of sp³-hybridized carbons (Fsp3) is 0.429. The first-order valence-electron chi connectivity index (χ1n) is 8.76. The smallest absolute Gasteiger partial charge is 0.116 e. The van der Waals surface area contributed by atoms with Gasteiger partial charge in [0.05, 0.1) is 0 Å². The SMILES string of the molecule is Cc1ccc(C(O)(CCN2CCCCC2)c2ccccc2)cc1.[Cl-]. The standard InChI is InChI=1S/C21H27NO.ClH/c1-18-10-12-20(13-11-18)21(23,19-8-4-2-5-9-19)14-17-22-15-6-3-7-16-22;/h2,4-5,8-13,23H,3,6-7,14-17H2,1H3;1H/p-1. The number of hydrogen-bond donors (Lipinski definition) is 1. The third-order valence-corrected chi connectivity index (χ3v) is 5.02. The van der Waals surface area contributed by atoms with Crippen LogP contribution >= 0.6 is 0 Å². The van der Waals surface area contributed by atoms with Crippen LogP contribution in [0.15, 0.2) is 54.6 Å². The maximum atomic E-state index is 11.5. The van der Waals surface area contributed by atoms with Gasteiger partial charge in [-0.1, -0.05) is 66.6 Å². The third kappa shape index (κ3) is 4.38. The topological polar surface area (TPSA) is 23.5 Å². The summed E-state index contributed by atoms with van der Waals surface area (Å²) in [5.41, 5.74) is 2.29. The average molecular weight is 345 g/mol. The molecule has 0 radical (unpaired) electrons. The Labute approximate surface area is 151 Å². The zero-order valence-electron chi connectivity index (χ0n) is 14.4. The first-order chi connectivity index (χ1) is 11.2. The number of aryl methyl sites for hydroxylation is 1. The van der Waals surface area contributed by atoms with Crippen molar-refractivity contribution in [3.8, 4) is 0 Å². The lowest BCUT2D eigenvalue weighted by Crippen LogP contribution is -3.00. The molecule has 1 atom stereocenters. The second-order valence-electron chi connectivity index (χ2n) is 6.74. The first-order valence-corrected chi connectivity index (χ1v) is 8.76. The number of halogens is 1. The van der Waals surface area contributed by atoms with Crippen molar-refractivity contribution in [2.45, 2.75) is 38.2 Å². The molecule has 0 amide bonds. The van der Waals surface area contributed by atoms with Crippen LogP contribution in [-0.2, 0) is 5.60 Å². The van der Waals surface area contributed by atoms with Crippen molar-refractivity contribution in [3.05, 3.63) is 71.3 Å². The zero-order valence-corrected chi connectivity index (χ0v) is 15.2. The summed E-state index contributed by atoms with van der Waals surface area (Å²) in [7, 11) is 0. The molecular formula is C21H27ClNO-. The molecule has 1 N–H and O–H groups in total. The molecule has 0 aromatic heterocycles. The van der Waals surface area contributed by atoms with E-state index in [1.165, 1.54) is 37.9 Å². The second-order valence-corrected chi connectivity index (χ2v) is 6.74. The van der Waals surface area contributed by atoms with Crippen molar-refractivity contribution in [3.63, 3.8) is 0 Å². The lowest BCUT2D eigenvalue weighted by Gasteiger charge is -2.34. The molecule has 1 aliphatic rings. The molecule has 2 aromatic rings. The van der Waals surface area contributed by atoms with Crippen LogP contribution in [0, 0.1) is 6.92 Å². The Morgan fingerprint density at radius 1 is 0.875 bits per heavy atom. The van der Waals surface area contributed by atoms with Crippen LogP contribution in [0.2, 0.25) is 0 Å².